The van der Waals surface area contributed by atoms with E-state index in [0.717, 1.165) is 19.3 Å². The van der Waals surface area contributed by atoms with Gasteiger partial charge in [-0.2, -0.15) is 0 Å². The van der Waals surface area contributed by atoms with Gasteiger partial charge in [0.1, 0.15) is 0 Å². The number of hydrogen-bond acceptors (Lipinski definition) is 2. The topological polar surface area (TPSA) is 77.8 Å². The lowest BCUT2D eigenvalue weighted by Crippen LogP contribution is -2.32. The molecule has 1 amide bonds. The van der Waals surface area contributed by atoms with Crippen molar-refractivity contribution in [3.8, 4) is 0 Å². The van der Waals surface area contributed by atoms with E-state index in [0.29, 0.717) is 6.54 Å². The third-order valence-electron chi connectivity index (χ3n) is 3.65. The van der Waals surface area contributed by atoms with E-state index in [1.54, 1.807) is 0 Å². The van der Waals surface area contributed by atoms with Crippen LogP contribution in [0.2, 0.25) is 0 Å². The van der Waals surface area contributed by atoms with Crippen LogP contribution in [0.15, 0.2) is 0 Å². The second-order valence-electron chi connectivity index (χ2n) is 5.60. The van der Waals surface area contributed by atoms with E-state index in [-0.39, 0.29) is 13.0 Å². The summed E-state index contributed by atoms with van der Waals surface area (Å²) in [5, 5.41) is 17.5. The molecule has 0 bridgehead atoms. The highest BCUT2D eigenvalue weighted by Crippen LogP contribution is 2.11. The fourth-order valence-electron chi connectivity index (χ4n) is 2.32. The predicted molar refractivity (Wildman–Crippen MR) is 83.7 cm³/mol. The lowest BCUT2D eigenvalue weighted by Gasteiger charge is -2.17. The van der Waals surface area contributed by atoms with Crippen molar-refractivity contribution in [1.82, 2.24) is 4.90 Å². The Balaban J connectivity index is 3.45. The van der Waals surface area contributed by atoms with E-state index in [9.17, 15) is 9.59 Å². The maximum atomic E-state index is 10.9. The zero-order valence-electron chi connectivity index (χ0n) is 13.4. The molecule has 5 nitrogen and oxygen atoms in total. The van der Waals surface area contributed by atoms with Crippen LogP contribution >= 0.6 is 0 Å². The van der Waals surface area contributed by atoms with Gasteiger partial charge in [0.2, 0.25) is 0 Å². The Morgan fingerprint density at radius 1 is 0.762 bits per heavy atom. The highest BCUT2D eigenvalue weighted by Gasteiger charge is 2.12. The summed E-state index contributed by atoms with van der Waals surface area (Å²) in [6, 6.07) is 0. The molecule has 0 aromatic heterocycles. The van der Waals surface area contributed by atoms with Gasteiger partial charge >= 0.3 is 12.1 Å². The van der Waals surface area contributed by atoms with Crippen LogP contribution in [0.3, 0.4) is 0 Å². The van der Waals surface area contributed by atoms with Crippen molar-refractivity contribution in [2.45, 2.75) is 77.6 Å². The molecule has 0 aliphatic carbocycles. The molecule has 0 aliphatic rings. The molecule has 0 spiro atoms. The summed E-state index contributed by atoms with van der Waals surface area (Å²) in [5.74, 6) is -0.954. The van der Waals surface area contributed by atoms with Crippen LogP contribution in [-0.2, 0) is 4.79 Å². The van der Waals surface area contributed by atoms with Crippen LogP contribution < -0.4 is 0 Å². The second-order valence-corrected chi connectivity index (χ2v) is 5.60. The molecule has 21 heavy (non-hydrogen) atoms. The van der Waals surface area contributed by atoms with Crippen LogP contribution in [0.1, 0.15) is 77.6 Å². The molecule has 5 heteroatoms. The van der Waals surface area contributed by atoms with E-state index < -0.39 is 12.1 Å². The van der Waals surface area contributed by atoms with Gasteiger partial charge in [0.25, 0.3) is 0 Å². The summed E-state index contributed by atoms with van der Waals surface area (Å²) in [4.78, 5) is 22.6. The summed E-state index contributed by atoms with van der Waals surface area (Å²) in [5.41, 5.74) is 0. The monoisotopic (exact) mass is 301 g/mol. The number of rotatable bonds is 14. The largest absolute Gasteiger partial charge is 0.481 e. The molecule has 0 saturated heterocycles. The fraction of sp³-hybridized carbons (Fsp3) is 0.875. The van der Waals surface area contributed by atoms with Gasteiger partial charge in [-0.05, 0) is 6.42 Å². The van der Waals surface area contributed by atoms with Crippen molar-refractivity contribution in [3.05, 3.63) is 0 Å². The third-order valence-corrected chi connectivity index (χ3v) is 3.65. The van der Waals surface area contributed by atoms with Gasteiger partial charge in [-0.3, -0.25) is 4.79 Å². The Morgan fingerprint density at radius 3 is 1.67 bits per heavy atom. The van der Waals surface area contributed by atoms with Crippen LogP contribution in [0.5, 0.6) is 0 Å². The van der Waals surface area contributed by atoms with Crippen molar-refractivity contribution in [3.63, 3.8) is 0 Å². The van der Waals surface area contributed by atoms with Crippen LogP contribution in [-0.4, -0.2) is 40.3 Å². The zero-order chi connectivity index (χ0) is 15.9. The number of unbranched alkanes of at least 4 members (excludes halogenated alkanes) is 9. The summed E-state index contributed by atoms with van der Waals surface area (Å²) < 4.78 is 0. The fourth-order valence-corrected chi connectivity index (χ4v) is 2.32. The quantitative estimate of drug-likeness (QED) is 0.467. The van der Waals surface area contributed by atoms with Crippen molar-refractivity contribution in [2.24, 2.45) is 0 Å². The normalized spacial score (nSPS) is 10.5. The number of hydrogen-bond donors (Lipinski definition) is 2. The van der Waals surface area contributed by atoms with Gasteiger partial charge in [0.05, 0.1) is 6.42 Å². The summed E-state index contributed by atoms with van der Waals surface area (Å²) in [6.07, 6.45) is 10.9. The van der Waals surface area contributed by atoms with Crippen molar-refractivity contribution < 1.29 is 19.8 Å². The molecular weight excluding hydrogens is 270 g/mol. The first-order chi connectivity index (χ1) is 10.1. The smallest absolute Gasteiger partial charge is 0.407 e. The number of carbonyl (C=O) groups is 2. The average Bonchev–Trinajstić information content (AvgIpc) is 2.43. The van der Waals surface area contributed by atoms with Gasteiger partial charge in [-0.1, -0.05) is 64.7 Å². The molecule has 0 heterocycles. The van der Waals surface area contributed by atoms with E-state index in [1.807, 2.05) is 0 Å². The van der Waals surface area contributed by atoms with Gasteiger partial charge < -0.3 is 15.1 Å². The first-order valence-electron chi connectivity index (χ1n) is 8.27. The molecule has 0 aromatic carbocycles. The molecule has 2 N–H and O–H groups in total. The maximum absolute atomic E-state index is 10.9. The minimum atomic E-state index is -1.02. The highest BCUT2D eigenvalue weighted by molar-refractivity contribution is 5.69. The molecule has 124 valence electrons. The lowest BCUT2D eigenvalue weighted by molar-refractivity contribution is -0.137. The lowest BCUT2D eigenvalue weighted by atomic mass is 10.1. The summed E-state index contributed by atoms with van der Waals surface area (Å²) in [6.45, 7) is 2.75. The Bertz CT molecular complexity index is 281. The first-order valence-corrected chi connectivity index (χ1v) is 8.27. The van der Waals surface area contributed by atoms with E-state index in [1.165, 1.54) is 49.8 Å². The van der Waals surface area contributed by atoms with Crippen molar-refractivity contribution in [2.75, 3.05) is 13.1 Å². The Morgan fingerprint density at radius 2 is 1.24 bits per heavy atom. The second kappa shape index (κ2) is 13.7. The van der Waals surface area contributed by atoms with Crippen LogP contribution in [0.4, 0.5) is 4.79 Å². The molecule has 0 unspecified atom stereocenters. The summed E-state index contributed by atoms with van der Waals surface area (Å²) in [7, 11) is 0. The van der Waals surface area contributed by atoms with Gasteiger partial charge in [-0.25, -0.2) is 4.79 Å². The van der Waals surface area contributed by atoms with Crippen molar-refractivity contribution in [1.29, 1.82) is 0 Å². The zero-order valence-corrected chi connectivity index (χ0v) is 13.4. The van der Waals surface area contributed by atoms with Gasteiger partial charge in [-0.15, -0.1) is 0 Å². The Kier molecular flexibility index (Phi) is 12.9. The SMILES string of the molecule is CCCCCCCCCCCCN(CCC(=O)O)C(=O)O. The summed E-state index contributed by atoms with van der Waals surface area (Å²) >= 11 is 0. The number of nitrogens with zero attached hydrogens (tertiary/aromatic N) is 1. The van der Waals surface area contributed by atoms with Crippen molar-refractivity contribution >= 4 is 12.1 Å². The molecule has 0 radical (unpaired) electrons. The van der Waals surface area contributed by atoms with E-state index in [4.69, 9.17) is 10.2 Å². The number of amides is 1. The molecule has 0 fully saturated rings. The minimum absolute atomic E-state index is 0.0854. The highest BCUT2D eigenvalue weighted by atomic mass is 16.4. The molecule has 0 saturated carbocycles. The molecule has 0 aromatic rings. The molecule has 0 aliphatic heterocycles. The minimum Gasteiger partial charge on any atom is -0.481 e. The Labute approximate surface area is 128 Å². The molecular formula is C16H31NO4. The number of carboxylic acid groups (broad SMARTS) is 2. The van der Waals surface area contributed by atoms with Gasteiger partial charge in [0.15, 0.2) is 0 Å². The van der Waals surface area contributed by atoms with Gasteiger partial charge in [0, 0.05) is 13.1 Å². The Hall–Kier alpha value is -1.26. The van der Waals surface area contributed by atoms with E-state index in [2.05, 4.69) is 6.92 Å². The average molecular weight is 301 g/mol. The van der Waals surface area contributed by atoms with Crippen LogP contribution in [0.25, 0.3) is 0 Å². The number of carboxylic acids is 1. The molecule has 0 atom stereocenters. The number of aliphatic carboxylic acids is 1. The first kappa shape index (κ1) is 19.7. The molecule has 0 rings (SSSR count). The third kappa shape index (κ3) is 13.5. The predicted octanol–water partition coefficient (Wildman–Crippen LogP) is 4.36. The standard InChI is InChI=1S/C16H31NO4/c1-2-3-4-5-6-7-8-9-10-11-13-17(16(20)21)14-12-15(18)19/h2-14H2,1H3,(H,18,19)(H,20,21). The van der Waals surface area contributed by atoms with E-state index >= 15 is 0 Å². The van der Waals surface area contributed by atoms with Crippen LogP contribution in [0, 0.1) is 0 Å². The maximum Gasteiger partial charge on any atom is 0.407 e.